The highest BCUT2D eigenvalue weighted by Crippen LogP contribution is 2.30. The molecule has 1 atom stereocenters. The number of nitrogens with zero attached hydrogens (tertiary/aromatic N) is 2. The third kappa shape index (κ3) is 1.89. The Labute approximate surface area is 92.6 Å². The van der Waals surface area contributed by atoms with Crippen LogP contribution in [0.4, 0.5) is 0 Å². The maximum atomic E-state index is 11.2. The molecule has 1 aromatic rings. The SMILES string of the molecule is CC1(C(=O)O)CCCN1Cc1nccs1. The minimum atomic E-state index is -0.725. The average molecular weight is 226 g/mol. The molecule has 15 heavy (non-hydrogen) atoms. The van der Waals surface area contributed by atoms with Gasteiger partial charge in [-0.3, -0.25) is 9.69 Å². The summed E-state index contributed by atoms with van der Waals surface area (Å²) in [5.41, 5.74) is -0.703. The summed E-state index contributed by atoms with van der Waals surface area (Å²) < 4.78 is 0. The van der Waals surface area contributed by atoms with E-state index in [4.69, 9.17) is 0 Å². The first kappa shape index (κ1) is 10.6. The first-order valence-corrected chi connectivity index (χ1v) is 5.88. The highest BCUT2D eigenvalue weighted by molar-refractivity contribution is 7.09. The number of carbonyl (C=O) groups is 1. The maximum absolute atomic E-state index is 11.2. The van der Waals surface area contributed by atoms with Crippen molar-refractivity contribution in [2.75, 3.05) is 6.54 Å². The Balaban J connectivity index is 2.12. The monoisotopic (exact) mass is 226 g/mol. The van der Waals surface area contributed by atoms with Crippen LogP contribution in [0.25, 0.3) is 0 Å². The summed E-state index contributed by atoms with van der Waals surface area (Å²) in [6.45, 7) is 3.30. The second kappa shape index (κ2) is 3.90. The average Bonchev–Trinajstić information content (AvgIpc) is 2.78. The predicted octanol–water partition coefficient (Wildman–Crippen LogP) is 1.58. The van der Waals surface area contributed by atoms with Crippen molar-refractivity contribution in [2.45, 2.75) is 31.8 Å². The number of likely N-dealkylation sites (tertiary alicyclic amines) is 1. The lowest BCUT2D eigenvalue weighted by Gasteiger charge is -2.30. The minimum absolute atomic E-state index is 0.653. The molecule has 0 amide bonds. The number of thiazole rings is 1. The molecule has 1 fully saturated rings. The van der Waals surface area contributed by atoms with Crippen molar-refractivity contribution in [3.63, 3.8) is 0 Å². The first-order chi connectivity index (χ1) is 7.13. The quantitative estimate of drug-likeness (QED) is 0.850. The van der Waals surface area contributed by atoms with Gasteiger partial charge in [-0.25, -0.2) is 4.98 Å². The lowest BCUT2D eigenvalue weighted by molar-refractivity contribution is -0.148. The van der Waals surface area contributed by atoms with Crippen molar-refractivity contribution in [2.24, 2.45) is 0 Å². The molecule has 4 nitrogen and oxygen atoms in total. The van der Waals surface area contributed by atoms with E-state index in [0.29, 0.717) is 6.54 Å². The standard InChI is InChI=1S/C10H14N2O2S/c1-10(9(13)14)3-2-5-12(10)7-8-11-4-6-15-8/h4,6H,2-3,5,7H2,1H3,(H,13,14). The van der Waals surface area contributed by atoms with Crippen LogP contribution in [0.1, 0.15) is 24.8 Å². The molecule has 0 radical (unpaired) electrons. The van der Waals surface area contributed by atoms with Gasteiger partial charge in [0.15, 0.2) is 0 Å². The van der Waals surface area contributed by atoms with Crippen molar-refractivity contribution < 1.29 is 9.90 Å². The fourth-order valence-electron chi connectivity index (χ4n) is 2.01. The molecule has 1 aromatic heterocycles. The van der Waals surface area contributed by atoms with Crippen molar-refractivity contribution in [3.8, 4) is 0 Å². The molecule has 1 aliphatic rings. The van der Waals surface area contributed by atoms with Crippen LogP contribution in [0.2, 0.25) is 0 Å². The number of carboxylic acid groups (broad SMARTS) is 1. The summed E-state index contributed by atoms with van der Waals surface area (Å²) in [4.78, 5) is 17.4. The van der Waals surface area contributed by atoms with E-state index in [0.717, 1.165) is 24.4 Å². The molecular weight excluding hydrogens is 212 g/mol. The fraction of sp³-hybridized carbons (Fsp3) is 0.600. The van der Waals surface area contributed by atoms with Gasteiger partial charge < -0.3 is 5.11 Å². The molecule has 1 N–H and O–H groups in total. The Morgan fingerprint density at radius 2 is 2.60 bits per heavy atom. The van der Waals surface area contributed by atoms with Gasteiger partial charge in [0.05, 0.1) is 6.54 Å². The van der Waals surface area contributed by atoms with Crippen LogP contribution in [0.3, 0.4) is 0 Å². The summed E-state index contributed by atoms with van der Waals surface area (Å²) in [5, 5.41) is 12.1. The Kier molecular flexibility index (Phi) is 2.75. The molecule has 5 heteroatoms. The second-order valence-electron chi connectivity index (χ2n) is 4.03. The Hall–Kier alpha value is -0.940. The highest BCUT2D eigenvalue weighted by atomic mass is 32.1. The molecule has 0 aliphatic carbocycles. The van der Waals surface area contributed by atoms with Crippen LogP contribution in [0, 0.1) is 0 Å². The first-order valence-electron chi connectivity index (χ1n) is 5.00. The Morgan fingerprint density at radius 3 is 3.20 bits per heavy atom. The number of aromatic nitrogens is 1. The molecule has 1 unspecified atom stereocenters. The molecule has 82 valence electrons. The second-order valence-corrected chi connectivity index (χ2v) is 5.01. The van der Waals surface area contributed by atoms with E-state index < -0.39 is 11.5 Å². The molecule has 0 saturated carbocycles. The van der Waals surface area contributed by atoms with E-state index in [1.54, 1.807) is 24.5 Å². The van der Waals surface area contributed by atoms with Crippen LogP contribution >= 0.6 is 11.3 Å². The van der Waals surface area contributed by atoms with Crippen LogP contribution in [0.5, 0.6) is 0 Å². The highest BCUT2D eigenvalue weighted by Gasteiger charge is 2.43. The predicted molar refractivity (Wildman–Crippen MR) is 57.8 cm³/mol. The van der Waals surface area contributed by atoms with E-state index in [2.05, 4.69) is 4.98 Å². The smallest absolute Gasteiger partial charge is 0.323 e. The summed E-state index contributed by atoms with van der Waals surface area (Å²) in [5.74, 6) is -0.725. The number of hydrogen-bond acceptors (Lipinski definition) is 4. The van der Waals surface area contributed by atoms with Gasteiger partial charge in [0.2, 0.25) is 0 Å². The van der Waals surface area contributed by atoms with Crippen molar-refractivity contribution in [1.29, 1.82) is 0 Å². The summed E-state index contributed by atoms with van der Waals surface area (Å²) in [6.07, 6.45) is 3.44. The van der Waals surface area contributed by atoms with Crippen molar-refractivity contribution in [1.82, 2.24) is 9.88 Å². The Morgan fingerprint density at radius 1 is 1.80 bits per heavy atom. The fourth-order valence-corrected chi connectivity index (χ4v) is 2.64. The normalized spacial score (nSPS) is 27.0. The molecular formula is C10H14N2O2S. The molecule has 2 rings (SSSR count). The number of aliphatic carboxylic acids is 1. The molecule has 0 aromatic carbocycles. The zero-order chi connectivity index (χ0) is 10.9. The lowest BCUT2D eigenvalue weighted by atomic mass is 9.99. The number of carboxylic acids is 1. The summed E-state index contributed by atoms with van der Waals surface area (Å²) in [6, 6.07) is 0. The molecule has 2 heterocycles. The molecule has 0 bridgehead atoms. The zero-order valence-corrected chi connectivity index (χ0v) is 9.46. The minimum Gasteiger partial charge on any atom is -0.480 e. The topological polar surface area (TPSA) is 53.4 Å². The maximum Gasteiger partial charge on any atom is 0.323 e. The van der Waals surface area contributed by atoms with Crippen LogP contribution in [0.15, 0.2) is 11.6 Å². The molecule has 1 aliphatic heterocycles. The number of rotatable bonds is 3. The van der Waals surface area contributed by atoms with Gasteiger partial charge >= 0.3 is 5.97 Å². The van der Waals surface area contributed by atoms with E-state index in [-0.39, 0.29) is 0 Å². The van der Waals surface area contributed by atoms with Crippen LogP contribution in [-0.2, 0) is 11.3 Å². The van der Waals surface area contributed by atoms with Crippen LogP contribution in [-0.4, -0.2) is 33.0 Å². The van der Waals surface area contributed by atoms with E-state index in [9.17, 15) is 9.90 Å². The largest absolute Gasteiger partial charge is 0.480 e. The van der Waals surface area contributed by atoms with E-state index in [1.807, 2.05) is 10.3 Å². The Bertz CT molecular complexity index is 352. The third-order valence-electron chi connectivity index (χ3n) is 3.06. The van der Waals surface area contributed by atoms with Crippen molar-refractivity contribution in [3.05, 3.63) is 16.6 Å². The molecule has 1 saturated heterocycles. The third-order valence-corrected chi connectivity index (χ3v) is 3.82. The van der Waals surface area contributed by atoms with Gasteiger partial charge in [-0.1, -0.05) is 0 Å². The van der Waals surface area contributed by atoms with E-state index >= 15 is 0 Å². The summed E-state index contributed by atoms with van der Waals surface area (Å²) >= 11 is 1.58. The van der Waals surface area contributed by atoms with E-state index in [1.165, 1.54) is 0 Å². The van der Waals surface area contributed by atoms with Gasteiger partial charge in [0.25, 0.3) is 0 Å². The molecule has 0 spiro atoms. The van der Waals surface area contributed by atoms with Crippen molar-refractivity contribution >= 4 is 17.3 Å². The van der Waals surface area contributed by atoms with Crippen LogP contribution < -0.4 is 0 Å². The summed E-state index contributed by atoms with van der Waals surface area (Å²) in [7, 11) is 0. The van der Waals surface area contributed by atoms with Gasteiger partial charge in [0.1, 0.15) is 10.5 Å². The van der Waals surface area contributed by atoms with Gasteiger partial charge in [-0.05, 0) is 26.3 Å². The van der Waals surface area contributed by atoms with Gasteiger partial charge in [-0.2, -0.15) is 0 Å². The van der Waals surface area contributed by atoms with Gasteiger partial charge in [-0.15, -0.1) is 11.3 Å². The van der Waals surface area contributed by atoms with Gasteiger partial charge in [0, 0.05) is 11.6 Å². The zero-order valence-electron chi connectivity index (χ0n) is 8.64. The lowest BCUT2D eigenvalue weighted by Crippen LogP contribution is -2.47. The number of hydrogen-bond donors (Lipinski definition) is 1.